The number of benzene rings is 1. The van der Waals surface area contributed by atoms with Gasteiger partial charge in [0.25, 0.3) is 5.91 Å². The van der Waals surface area contributed by atoms with Gasteiger partial charge in [-0.2, -0.15) is 5.10 Å². The topological polar surface area (TPSA) is 60.1 Å². The lowest BCUT2D eigenvalue weighted by molar-refractivity contribution is 0.0705. The first-order valence-corrected chi connectivity index (χ1v) is 9.75. The standard InChI is InChI=1S/C20H25FN4O2/c1-23-20(27)25(15-6-2-3-7-15)18(22-23)14-10-12-24(13-11-14)19(26)16-8-4-5-9-17(16)21/h4-5,8-9,14-15H,2-3,6-7,10-13H2,1H3. The molecule has 0 radical (unpaired) electrons. The van der Waals surface area contributed by atoms with Gasteiger partial charge in [0.2, 0.25) is 0 Å². The normalized spacial score (nSPS) is 19.0. The van der Waals surface area contributed by atoms with Crippen molar-refractivity contribution in [2.75, 3.05) is 13.1 Å². The Morgan fingerprint density at radius 3 is 2.44 bits per heavy atom. The summed E-state index contributed by atoms with van der Waals surface area (Å²) in [6.07, 6.45) is 5.85. The number of aromatic nitrogens is 3. The quantitative estimate of drug-likeness (QED) is 0.832. The molecule has 1 aliphatic carbocycles. The van der Waals surface area contributed by atoms with Crippen molar-refractivity contribution in [1.82, 2.24) is 19.2 Å². The van der Waals surface area contributed by atoms with E-state index in [1.807, 2.05) is 4.57 Å². The summed E-state index contributed by atoms with van der Waals surface area (Å²) in [5, 5.41) is 4.52. The number of rotatable bonds is 3. The van der Waals surface area contributed by atoms with Crippen LogP contribution in [0.25, 0.3) is 0 Å². The van der Waals surface area contributed by atoms with Crippen molar-refractivity contribution >= 4 is 5.91 Å². The highest BCUT2D eigenvalue weighted by atomic mass is 19.1. The van der Waals surface area contributed by atoms with E-state index >= 15 is 0 Å². The smallest absolute Gasteiger partial charge is 0.339 e. The fourth-order valence-electron chi connectivity index (χ4n) is 4.43. The first-order valence-electron chi connectivity index (χ1n) is 9.75. The number of likely N-dealkylation sites (tertiary alicyclic amines) is 1. The molecule has 2 fully saturated rings. The molecule has 0 N–H and O–H groups in total. The van der Waals surface area contributed by atoms with Crippen molar-refractivity contribution in [1.29, 1.82) is 0 Å². The molecule has 0 spiro atoms. The molecule has 27 heavy (non-hydrogen) atoms. The summed E-state index contributed by atoms with van der Waals surface area (Å²) in [5.74, 6) is 0.265. The zero-order chi connectivity index (χ0) is 19.0. The van der Waals surface area contributed by atoms with E-state index in [1.165, 1.54) is 16.8 Å². The van der Waals surface area contributed by atoms with Gasteiger partial charge in [0.15, 0.2) is 0 Å². The Balaban J connectivity index is 1.50. The molecule has 6 nitrogen and oxygen atoms in total. The SMILES string of the molecule is Cn1nc(C2CCN(C(=O)c3ccccc3F)CC2)n(C2CCCC2)c1=O. The summed E-state index contributed by atoms with van der Waals surface area (Å²) >= 11 is 0. The minimum absolute atomic E-state index is 0.0400. The molecule has 1 saturated carbocycles. The number of carbonyl (C=O) groups is 1. The summed E-state index contributed by atoms with van der Waals surface area (Å²) in [6.45, 7) is 1.10. The molecule has 1 aromatic heterocycles. The first-order chi connectivity index (χ1) is 13.1. The largest absolute Gasteiger partial charge is 0.345 e. The van der Waals surface area contributed by atoms with E-state index < -0.39 is 5.82 Å². The average Bonchev–Trinajstić information content (AvgIpc) is 3.30. The molecule has 1 amide bonds. The van der Waals surface area contributed by atoms with Crippen LogP contribution in [0.4, 0.5) is 4.39 Å². The van der Waals surface area contributed by atoms with Gasteiger partial charge in [-0.15, -0.1) is 0 Å². The maximum Gasteiger partial charge on any atom is 0.345 e. The van der Waals surface area contributed by atoms with Crippen LogP contribution in [0.2, 0.25) is 0 Å². The van der Waals surface area contributed by atoms with Gasteiger partial charge in [-0.1, -0.05) is 25.0 Å². The second-order valence-electron chi connectivity index (χ2n) is 7.62. The summed E-state index contributed by atoms with van der Waals surface area (Å²) in [5.41, 5.74) is 0.0819. The van der Waals surface area contributed by atoms with Crippen molar-refractivity contribution in [2.45, 2.75) is 50.5 Å². The minimum Gasteiger partial charge on any atom is -0.339 e. The van der Waals surface area contributed by atoms with Crippen molar-refractivity contribution in [3.8, 4) is 0 Å². The van der Waals surface area contributed by atoms with Gasteiger partial charge in [-0.3, -0.25) is 9.36 Å². The number of hydrogen-bond acceptors (Lipinski definition) is 3. The van der Waals surface area contributed by atoms with E-state index in [2.05, 4.69) is 5.10 Å². The number of halogens is 1. The third-order valence-corrected chi connectivity index (χ3v) is 5.92. The molecule has 1 saturated heterocycles. The van der Waals surface area contributed by atoms with Gasteiger partial charge in [0.1, 0.15) is 11.6 Å². The monoisotopic (exact) mass is 372 g/mol. The molecule has 2 heterocycles. The lowest BCUT2D eigenvalue weighted by Crippen LogP contribution is -2.39. The van der Waals surface area contributed by atoms with Gasteiger partial charge in [-0.25, -0.2) is 13.9 Å². The molecule has 0 atom stereocenters. The molecule has 144 valence electrons. The summed E-state index contributed by atoms with van der Waals surface area (Å²) in [4.78, 5) is 26.9. The fraction of sp³-hybridized carbons (Fsp3) is 0.550. The highest BCUT2D eigenvalue weighted by Gasteiger charge is 2.32. The second-order valence-corrected chi connectivity index (χ2v) is 7.62. The number of hydrogen-bond donors (Lipinski definition) is 0. The van der Waals surface area contributed by atoms with E-state index in [4.69, 9.17) is 0 Å². The molecule has 4 rings (SSSR count). The molecule has 2 aliphatic rings. The second kappa shape index (κ2) is 7.29. The van der Waals surface area contributed by atoms with Crippen molar-refractivity contribution in [3.63, 3.8) is 0 Å². The minimum atomic E-state index is -0.482. The van der Waals surface area contributed by atoms with Crippen molar-refractivity contribution in [2.24, 2.45) is 7.05 Å². The van der Waals surface area contributed by atoms with Crippen molar-refractivity contribution < 1.29 is 9.18 Å². The third kappa shape index (κ3) is 3.31. The van der Waals surface area contributed by atoms with Crippen LogP contribution in [-0.2, 0) is 7.05 Å². The number of carbonyl (C=O) groups excluding carboxylic acids is 1. The number of amides is 1. The predicted molar refractivity (Wildman–Crippen MR) is 99.3 cm³/mol. The van der Waals surface area contributed by atoms with E-state index in [1.54, 1.807) is 24.1 Å². The summed E-state index contributed by atoms with van der Waals surface area (Å²) in [7, 11) is 1.70. The van der Waals surface area contributed by atoms with Crippen molar-refractivity contribution in [3.05, 3.63) is 52.0 Å². The Kier molecular flexibility index (Phi) is 4.85. The lowest BCUT2D eigenvalue weighted by atomic mass is 9.95. The van der Waals surface area contributed by atoms with Crippen LogP contribution in [0, 0.1) is 5.82 Å². The van der Waals surface area contributed by atoms with Crippen LogP contribution in [0.5, 0.6) is 0 Å². The lowest BCUT2D eigenvalue weighted by Gasteiger charge is -2.32. The van der Waals surface area contributed by atoms with Gasteiger partial charge in [-0.05, 0) is 37.8 Å². The zero-order valence-corrected chi connectivity index (χ0v) is 15.6. The summed E-state index contributed by atoms with van der Waals surface area (Å²) < 4.78 is 17.2. The van der Waals surface area contributed by atoms with Crippen LogP contribution in [0.1, 0.15) is 66.7 Å². The molecular weight excluding hydrogens is 347 g/mol. The predicted octanol–water partition coefficient (Wildman–Crippen LogP) is 2.86. The maximum absolute atomic E-state index is 13.9. The van der Waals surface area contributed by atoms with Crippen LogP contribution in [-0.4, -0.2) is 38.2 Å². The Morgan fingerprint density at radius 2 is 1.78 bits per heavy atom. The van der Waals surface area contributed by atoms with E-state index in [0.717, 1.165) is 44.3 Å². The molecule has 1 aliphatic heterocycles. The van der Waals surface area contributed by atoms with Crippen LogP contribution < -0.4 is 5.69 Å². The number of piperidine rings is 1. The average molecular weight is 372 g/mol. The molecule has 2 aromatic rings. The first kappa shape index (κ1) is 17.9. The van der Waals surface area contributed by atoms with Crippen LogP contribution in [0.15, 0.2) is 29.1 Å². The Hall–Kier alpha value is -2.44. The third-order valence-electron chi connectivity index (χ3n) is 5.92. The molecule has 0 unspecified atom stereocenters. The van der Waals surface area contributed by atoms with Gasteiger partial charge < -0.3 is 4.90 Å². The fourth-order valence-corrected chi connectivity index (χ4v) is 4.43. The highest BCUT2D eigenvalue weighted by molar-refractivity contribution is 5.94. The molecular formula is C20H25FN4O2. The van der Waals surface area contributed by atoms with E-state index in [-0.39, 0.29) is 29.1 Å². The van der Waals surface area contributed by atoms with Gasteiger partial charge in [0.05, 0.1) is 5.56 Å². The number of nitrogens with zero attached hydrogens (tertiary/aromatic N) is 4. The Morgan fingerprint density at radius 1 is 1.11 bits per heavy atom. The van der Waals surface area contributed by atoms with E-state index in [9.17, 15) is 14.0 Å². The molecule has 7 heteroatoms. The number of aryl methyl sites for hydroxylation is 1. The Bertz CT molecular complexity index is 890. The van der Waals surface area contributed by atoms with Crippen LogP contribution >= 0.6 is 0 Å². The van der Waals surface area contributed by atoms with Gasteiger partial charge >= 0.3 is 5.69 Å². The summed E-state index contributed by atoms with van der Waals surface area (Å²) in [6, 6.07) is 6.35. The molecule has 0 bridgehead atoms. The van der Waals surface area contributed by atoms with Crippen LogP contribution in [0.3, 0.4) is 0 Å². The zero-order valence-electron chi connectivity index (χ0n) is 15.6. The maximum atomic E-state index is 13.9. The van der Waals surface area contributed by atoms with Gasteiger partial charge in [0, 0.05) is 32.1 Å². The highest BCUT2D eigenvalue weighted by Crippen LogP contribution is 2.33. The molecule has 1 aromatic carbocycles. The van der Waals surface area contributed by atoms with E-state index in [0.29, 0.717) is 13.1 Å². The Labute approximate surface area is 157 Å².